The Morgan fingerprint density at radius 3 is 3.17 bits per heavy atom. The zero-order valence-corrected chi connectivity index (χ0v) is 10.5. The minimum Gasteiger partial charge on any atom is -0.369 e. The quantitative estimate of drug-likeness (QED) is 0.646. The number of anilines is 1. The van der Waals surface area contributed by atoms with E-state index >= 15 is 0 Å². The molecule has 18 heavy (non-hydrogen) atoms. The van der Waals surface area contributed by atoms with E-state index in [0.29, 0.717) is 11.6 Å². The minimum absolute atomic E-state index is 0.0729. The van der Waals surface area contributed by atoms with Crippen molar-refractivity contribution in [3.8, 4) is 0 Å². The Hall–Kier alpha value is -1.69. The molecule has 1 aliphatic rings. The fraction of sp³-hybridized carbons (Fsp3) is 0.583. The molecule has 0 aliphatic carbocycles. The Morgan fingerprint density at radius 2 is 2.50 bits per heavy atom. The third-order valence-electron chi connectivity index (χ3n) is 3.32. The number of pyridine rings is 1. The Bertz CT molecular complexity index is 418. The topological polar surface area (TPSA) is 71.3 Å². The van der Waals surface area contributed by atoms with Crippen LogP contribution in [0.15, 0.2) is 18.5 Å². The molecule has 6 heteroatoms. The summed E-state index contributed by atoms with van der Waals surface area (Å²) in [5.74, 6) is 0.552. The van der Waals surface area contributed by atoms with Crippen molar-refractivity contribution in [2.24, 2.45) is 5.92 Å². The number of hydrogen-bond acceptors (Lipinski definition) is 5. The van der Waals surface area contributed by atoms with Gasteiger partial charge in [0.05, 0.1) is 4.92 Å². The molecule has 1 aromatic heterocycles. The SMILES string of the molecule is CN(CC1CCCNC1)c1ccncc1[N+](=O)[O-]. The van der Waals surface area contributed by atoms with Crippen molar-refractivity contribution in [1.82, 2.24) is 10.3 Å². The molecular weight excluding hydrogens is 232 g/mol. The number of nitro groups is 1. The van der Waals surface area contributed by atoms with E-state index in [1.165, 1.54) is 19.0 Å². The van der Waals surface area contributed by atoms with Crippen molar-refractivity contribution in [3.63, 3.8) is 0 Å². The fourth-order valence-corrected chi connectivity index (χ4v) is 2.41. The maximum Gasteiger partial charge on any atom is 0.310 e. The number of aromatic nitrogens is 1. The molecule has 1 saturated heterocycles. The second-order valence-corrected chi connectivity index (χ2v) is 4.71. The average molecular weight is 250 g/mol. The first kappa shape index (κ1) is 12.8. The number of rotatable bonds is 4. The van der Waals surface area contributed by atoms with Gasteiger partial charge in [-0.3, -0.25) is 15.1 Å². The number of nitrogens with one attached hydrogen (secondary N) is 1. The smallest absolute Gasteiger partial charge is 0.310 e. The Morgan fingerprint density at radius 1 is 1.67 bits per heavy atom. The first-order chi connectivity index (χ1) is 8.68. The van der Waals surface area contributed by atoms with Gasteiger partial charge in [0.25, 0.3) is 0 Å². The lowest BCUT2D eigenvalue weighted by atomic mass is 9.99. The summed E-state index contributed by atoms with van der Waals surface area (Å²) in [7, 11) is 1.90. The molecule has 1 atom stereocenters. The van der Waals surface area contributed by atoms with Gasteiger partial charge < -0.3 is 10.2 Å². The van der Waals surface area contributed by atoms with Gasteiger partial charge in [-0.15, -0.1) is 0 Å². The number of nitrogens with zero attached hydrogens (tertiary/aromatic N) is 3. The molecule has 98 valence electrons. The number of hydrogen-bond donors (Lipinski definition) is 1. The predicted molar refractivity (Wildman–Crippen MR) is 69.8 cm³/mol. The molecule has 1 unspecified atom stereocenters. The predicted octanol–water partition coefficient (Wildman–Crippen LogP) is 1.43. The Kier molecular flexibility index (Phi) is 4.09. The summed E-state index contributed by atoms with van der Waals surface area (Å²) in [6, 6.07) is 1.70. The second-order valence-electron chi connectivity index (χ2n) is 4.71. The molecular formula is C12H18N4O2. The molecule has 2 heterocycles. The van der Waals surface area contributed by atoms with E-state index in [-0.39, 0.29) is 10.6 Å². The molecule has 1 N–H and O–H groups in total. The van der Waals surface area contributed by atoms with Crippen molar-refractivity contribution in [2.45, 2.75) is 12.8 Å². The summed E-state index contributed by atoms with van der Waals surface area (Å²) in [6.07, 6.45) is 5.26. The molecule has 0 aromatic carbocycles. The lowest BCUT2D eigenvalue weighted by Crippen LogP contribution is -2.37. The molecule has 1 aromatic rings. The monoisotopic (exact) mass is 250 g/mol. The van der Waals surface area contributed by atoms with Crippen LogP contribution in [0, 0.1) is 16.0 Å². The summed E-state index contributed by atoms with van der Waals surface area (Å²) in [5, 5.41) is 14.3. The van der Waals surface area contributed by atoms with E-state index < -0.39 is 0 Å². The lowest BCUT2D eigenvalue weighted by molar-refractivity contribution is -0.384. The summed E-state index contributed by atoms with van der Waals surface area (Å²) in [6.45, 7) is 2.90. The largest absolute Gasteiger partial charge is 0.369 e. The van der Waals surface area contributed by atoms with E-state index in [2.05, 4.69) is 10.3 Å². The zero-order valence-electron chi connectivity index (χ0n) is 10.5. The first-order valence-electron chi connectivity index (χ1n) is 6.18. The van der Waals surface area contributed by atoms with Crippen LogP contribution in [0.25, 0.3) is 0 Å². The standard InChI is InChI=1S/C12H18N4O2/c1-15(9-10-3-2-5-13-7-10)11-4-6-14-8-12(11)16(17)18/h4,6,8,10,13H,2-3,5,7,9H2,1H3. The van der Waals surface area contributed by atoms with Gasteiger partial charge in [0.2, 0.25) is 0 Å². The van der Waals surface area contributed by atoms with Crippen LogP contribution in [0.5, 0.6) is 0 Å². The van der Waals surface area contributed by atoms with E-state index in [4.69, 9.17) is 0 Å². The van der Waals surface area contributed by atoms with Crippen molar-refractivity contribution >= 4 is 11.4 Å². The van der Waals surface area contributed by atoms with Crippen LogP contribution < -0.4 is 10.2 Å². The van der Waals surface area contributed by atoms with Gasteiger partial charge in [0, 0.05) is 19.8 Å². The summed E-state index contributed by atoms with van der Waals surface area (Å²) < 4.78 is 0. The third kappa shape index (κ3) is 2.95. The van der Waals surface area contributed by atoms with E-state index in [1.54, 1.807) is 12.3 Å². The van der Waals surface area contributed by atoms with Crippen LogP contribution >= 0.6 is 0 Å². The third-order valence-corrected chi connectivity index (χ3v) is 3.32. The Balaban J connectivity index is 2.08. The highest BCUT2D eigenvalue weighted by Gasteiger charge is 2.20. The van der Waals surface area contributed by atoms with Crippen LogP contribution in [-0.2, 0) is 0 Å². The molecule has 1 fully saturated rings. The van der Waals surface area contributed by atoms with Gasteiger partial charge in [-0.25, -0.2) is 0 Å². The maximum absolute atomic E-state index is 10.9. The van der Waals surface area contributed by atoms with E-state index in [1.807, 2.05) is 11.9 Å². The van der Waals surface area contributed by atoms with Gasteiger partial charge in [0.15, 0.2) is 0 Å². The highest BCUT2D eigenvalue weighted by Crippen LogP contribution is 2.26. The van der Waals surface area contributed by atoms with Gasteiger partial charge in [-0.05, 0) is 37.9 Å². The van der Waals surface area contributed by atoms with E-state index in [0.717, 1.165) is 19.6 Å². The first-order valence-corrected chi connectivity index (χ1v) is 6.18. The van der Waals surface area contributed by atoms with Crippen molar-refractivity contribution in [2.75, 3.05) is 31.6 Å². The number of piperidine rings is 1. The van der Waals surface area contributed by atoms with Crippen LogP contribution in [-0.4, -0.2) is 36.6 Å². The molecule has 0 spiro atoms. The summed E-state index contributed by atoms with van der Waals surface area (Å²) in [4.78, 5) is 16.3. The Labute approximate surface area is 106 Å². The lowest BCUT2D eigenvalue weighted by Gasteiger charge is -2.28. The normalized spacial score (nSPS) is 19.5. The minimum atomic E-state index is -0.377. The van der Waals surface area contributed by atoms with Gasteiger partial charge in [-0.1, -0.05) is 0 Å². The molecule has 2 rings (SSSR count). The van der Waals surface area contributed by atoms with Gasteiger partial charge >= 0.3 is 5.69 Å². The zero-order chi connectivity index (χ0) is 13.0. The highest BCUT2D eigenvalue weighted by molar-refractivity contribution is 5.61. The van der Waals surface area contributed by atoms with Crippen LogP contribution in [0.3, 0.4) is 0 Å². The molecule has 0 radical (unpaired) electrons. The maximum atomic E-state index is 10.9. The van der Waals surface area contributed by atoms with Crippen molar-refractivity contribution in [1.29, 1.82) is 0 Å². The fourth-order valence-electron chi connectivity index (χ4n) is 2.41. The van der Waals surface area contributed by atoms with Crippen LogP contribution in [0.1, 0.15) is 12.8 Å². The van der Waals surface area contributed by atoms with Crippen molar-refractivity contribution in [3.05, 3.63) is 28.6 Å². The second kappa shape index (κ2) is 5.77. The average Bonchev–Trinajstić information content (AvgIpc) is 2.40. The molecule has 0 bridgehead atoms. The summed E-state index contributed by atoms with van der Waals surface area (Å²) in [5.41, 5.74) is 0.712. The molecule has 0 saturated carbocycles. The molecule has 1 aliphatic heterocycles. The van der Waals surface area contributed by atoms with Gasteiger partial charge in [-0.2, -0.15) is 0 Å². The van der Waals surface area contributed by atoms with Crippen molar-refractivity contribution < 1.29 is 4.92 Å². The molecule has 0 amide bonds. The van der Waals surface area contributed by atoms with Crippen LogP contribution in [0.4, 0.5) is 11.4 Å². The molecule has 6 nitrogen and oxygen atoms in total. The summed E-state index contributed by atoms with van der Waals surface area (Å²) >= 11 is 0. The van der Waals surface area contributed by atoms with Crippen LogP contribution in [0.2, 0.25) is 0 Å². The highest BCUT2D eigenvalue weighted by atomic mass is 16.6. The van der Waals surface area contributed by atoms with Gasteiger partial charge in [0.1, 0.15) is 11.9 Å². The van der Waals surface area contributed by atoms with E-state index in [9.17, 15) is 10.1 Å².